The molecule has 1 heterocycles. The molecule has 0 spiro atoms. The molecule has 1 aliphatic heterocycles. The van der Waals surface area contributed by atoms with Crippen LogP contribution in [0.4, 0.5) is 0 Å². The number of hydrogen-bond donors (Lipinski definition) is 3. The molecule has 132 valence electrons. The summed E-state index contributed by atoms with van der Waals surface area (Å²) in [5.41, 5.74) is 5.71. The van der Waals surface area contributed by atoms with Gasteiger partial charge in [-0.3, -0.25) is 14.5 Å². The maximum atomic E-state index is 11.7. The molecule has 4 N–H and O–H groups in total. The molecule has 0 aromatic carbocycles. The van der Waals surface area contributed by atoms with E-state index in [2.05, 4.69) is 22.5 Å². The third-order valence-corrected chi connectivity index (χ3v) is 3.88. The fourth-order valence-corrected chi connectivity index (χ4v) is 2.42. The molecular weight excluding hydrogens is 327 g/mol. The number of likely N-dealkylation sites (tertiary alicyclic amines) is 1. The van der Waals surface area contributed by atoms with Crippen molar-refractivity contribution in [3.05, 3.63) is 0 Å². The highest BCUT2D eigenvalue weighted by Crippen LogP contribution is 2.15. The highest BCUT2D eigenvalue weighted by Gasteiger charge is 2.23. The van der Waals surface area contributed by atoms with Gasteiger partial charge in [-0.05, 0) is 31.8 Å². The maximum Gasteiger partial charge on any atom is 0.239 e. The van der Waals surface area contributed by atoms with E-state index in [-0.39, 0.29) is 49.1 Å². The Labute approximate surface area is 145 Å². The lowest BCUT2D eigenvalue weighted by Crippen LogP contribution is -2.48. The van der Waals surface area contributed by atoms with Gasteiger partial charge in [0.1, 0.15) is 0 Å². The maximum absolute atomic E-state index is 11.7. The number of rotatable bonds is 7. The molecule has 1 aliphatic rings. The smallest absolute Gasteiger partial charge is 0.239 e. The minimum atomic E-state index is -0.562. The third-order valence-electron chi connectivity index (χ3n) is 3.88. The van der Waals surface area contributed by atoms with Crippen molar-refractivity contribution < 1.29 is 9.59 Å². The zero-order valence-electron chi connectivity index (χ0n) is 13.6. The van der Waals surface area contributed by atoms with Gasteiger partial charge in [-0.25, -0.2) is 0 Å². The number of hydrogen-bond acceptors (Lipinski definition) is 4. The van der Waals surface area contributed by atoms with E-state index in [9.17, 15) is 9.59 Å². The largest absolute Gasteiger partial charge is 0.353 e. The topological polar surface area (TPSA) is 87.5 Å². The third kappa shape index (κ3) is 7.63. The molecule has 8 heteroatoms. The van der Waals surface area contributed by atoms with E-state index in [4.69, 9.17) is 5.73 Å². The Morgan fingerprint density at radius 3 is 2.45 bits per heavy atom. The molecule has 0 radical (unpaired) electrons. The zero-order valence-corrected chi connectivity index (χ0v) is 15.3. The number of amides is 2. The average molecular weight is 357 g/mol. The first-order chi connectivity index (χ1) is 9.45. The van der Waals surface area contributed by atoms with E-state index in [0.717, 1.165) is 19.5 Å². The highest BCUT2D eigenvalue weighted by molar-refractivity contribution is 5.87. The Hall–Kier alpha value is -0.560. The number of likely N-dealkylation sites (N-methyl/N-ethyl adjacent to an activating group) is 1. The van der Waals surface area contributed by atoms with Gasteiger partial charge >= 0.3 is 0 Å². The van der Waals surface area contributed by atoms with Gasteiger partial charge in [-0.2, -0.15) is 0 Å². The Morgan fingerprint density at radius 2 is 1.91 bits per heavy atom. The second-order valence-corrected chi connectivity index (χ2v) is 5.72. The fourth-order valence-electron chi connectivity index (χ4n) is 2.42. The standard InChI is InChI=1S/C14H28N4O2.2ClH/c1-4-18-7-5-6-11(18)8-16-12(19)9-17-14(20)13(15)10(2)3;;/h10-11,13H,4-9,15H2,1-3H3,(H,16,19)(H,17,20);2*1H/t11?,13-;;/m0../s1. The average Bonchev–Trinajstić information content (AvgIpc) is 2.88. The lowest BCUT2D eigenvalue weighted by atomic mass is 10.1. The van der Waals surface area contributed by atoms with Crippen molar-refractivity contribution in [3.8, 4) is 0 Å². The van der Waals surface area contributed by atoms with Gasteiger partial charge in [0.25, 0.3) is 0 Å². The zero-order chi connectivity index (χ0) is 15.1. The van der Waals surface area contributed by atoms with Crippen molar-refractivity contribution in [1.82, 2.24) is 15.5 Å². The van der Waals surface area contributed by atoms with Crippen molar-refractivity contribution in [1.29, 1.82) is 0 Å². The van der Waals surface area contributed by atoms with Gasteiger partial charge < -0.3 is 16.4 Å². The quantitative estimate of drug-likeness (QED) is 0.620. The molecule has 1 saturated heterocycles. The van der Waals surface area contributed by atoms with Crippen LogP contribution in [0.5, 0.6) is 0 Å². The lowest BCUT2D eigenvalue weighted by molar-refractivity contribution is -0.127. The van der Waals surface area contributed by atoms with Crippen LogP contribution in [-0.4, -0.2) is 55.0 Å². The first kappa shape index (κ1) is 23.7. The SMILES string of the molecule is CCN1CCCC1CNC(=O)CNC(=O)[C@@H](N)C(C)C.Cl.Cl. The summed E-state index contributed by atoms with van der Waals surface area (Å²) in [4.78, 5) is 25.7. The van der Waals surface area contributed by atoms with Crippen molar-refractivity contribution in [2.24, 2.45) is 11.7 Å². The minimum Gasteiger partial charge on any atom is -0.353 e. The summed E-state index contributed by atoms with van der Waals surface area (Å²) in [5.74, 6) is -0.363. The second kappa shape index (κ2) is 11.9. The van der Waals surface area contributed by atoms with Gasteiger partial charge in [0, 0.05) is 12.6 Å². The first-order valence-corrected chi connectivity index (χ1v) is 7.49. The van der Waals surface area contributed by atoms with E-state index in [1.54, 1.807) is 0 Å². The summed E-state index contributed by atoms with van der Waals surface area (Å²) in [6.07, 6.45) is 2.31. The van der Waals surface area contributed by atoms with Crippen LogP contribution in [0.25, 0.3) is 0 Å². The van der Waals surface area contributed by atoms with E-state index in [0.29, 0.717) is 12.6 Å². The Balaban J connectivity index is 0. The predicted molar refractivity (Wildman–Crippen MR) is 93.6 cm³/mol. The van der Waals surface area contributed by atoms with Crippen molar-refractivity contribution >= 4 is 36.6 Å². The fraction of sp³-hybridized carbons (Fsp3) is 0.857. The molecule has 22 heavy (non-hydrogen) atoms. The van der Waals surface area contributed by atoms with Crippen LogP contribution in [0, 0.1) is 5.92 Å². The molecule has 1 rings (SSSR count). The van der Waals surface area contributed by atoms with Crippen LogP contribution >= 0.6 is 24.8 Å². The summed E-state index contributed by atoms with van der Waals surface area (Å²) in [6, 6.07) is -0.134. The van der Waals surface area contributed by atoms with E-state index in [1.807, 2.05) is 13.8 Å². The molecule has 6 nitrogen and oxygen atoms in total. The molecule has 0 bridgehead atoms. The van der Waals surface area contributed by atoms with E-state index < -0.39 is 6.04 Å². The van der Waals surface area contributed by atoms with Crippen LogP contribution in [0.2, 0.25) is 0 Å². The van der Waals surface area contributed by atoms with E-state index in [1.165, 1.54) is 6.42 Å². The van der Waals surface area contributed by atoms with Gasteiger partial charge in [-0.1, -0.05) is 20.8 Å². The van der Waals surface area contributed by atoms with Gasteiger partial charge in [-0.15, -0.1) is 24.8 Å². The van der Waals surface area contributed by atoms with Gasteiger partial charge in [0.15, 0.2) is 0 Å². The Morgan fingerprint density at radius 1 is 1.27 bits per heavy atom. The second-order valence-electron chi connectivity index (χ2n) is 5.72. The normalized spacial score (nSPS) is 19.0. The van der Waals surface area contributed by atoms with Gasteiger partial charge in [0.2, 0.25) is 11.8 Å². The number of halogens is 2. The van der Waals surface area contributed by atoms with Crippen LogP contribution in [0.1, 0.15) is 33.6 Å². The van der Waals surface area contributed by atoms with E-state index >= 15 is 0 Å². The molecule has 1 fully saturated rings. The minimum absolute atomic E-state index is 0. The van der Waals surface area contributed by atoms with Crippen LogP contribution < -0.4 is 16.4 Å². The Bertz CT molecular complexity index is 343. The summed E-state index contributed by atoms with van der Waals surface area (Å²) in [6.45, 7) is 8.66. The summed E-state index contributed by atoms with van der Waals surface area (Å²) in [7, 11) is 0. The molecule has 0 aromatic heterocycles. The number of carbonyl (C=O) groups excluding carboxylic acids is 2. The number of carbonyl (C=O) groups is 2. The molecule has 0 aliphatic carbocycles. The number of nitrogens with two attached hydrogens (primary N) is 1. The van der Waals surface area contributed by atoms with Crippen molar-refractivity contribution in [2.75, 3.05) is 26.2 Å². The van der Waals surface area contributed by atoms with Crippen LogP contribution in [0.15, 0.2) is 0 Å². The van der Waals surface area contributed by atoms with Gasteiger partial charge in [0.05, 0.1) is 12.6 Å². The summed E-state index contributed by atoms with van der Waals surface area (Å²) >= 11 is 0. The molecule has 0 saturated carbocycles. The molecule has 2 amide bonds. The predicted octanol–water partition coefficient (Wildman–Crippen LogP) is 0.530. The van der Waals surface area contributed by atoms with Crippen molar-refractivity contribution in [2.45, 2.75) is 45.7 Å². The highest BCUT2D eigenvalue weighted by atomic mass is 35.5. The summed E-state index contributed by atoms with van der Waals surface area (Å²) < 4.78 is 0. The van der Waals surface area contributed by atoms with Crippen molar-refractivity contribution in [3.63, 3.8) is 0 Å². The molecule has 0 aromatic rings. The van der Waals surface area contributed by atoms with Crippen LogP contribution in [-0.2, 0) is 9.59 Å². The number of nitrogens with zero attached hydrogens (tertiary/aromatic N) is 1. The Kier molecular flexibility index (Phi) is 12.9. The number of nitrogens with one attached hydrogen (secondary N) is 2. The monoisotopic (exact) mass is 356 g/mol. The lowest BCUT2D eigenvalue weighted by Gasteiger charge is -2.23. The summed E-state index contributed by atoms with van der Waals surface area (Å²) in [5, 5.41) is 5.45. The molecule has 2 atom stereocenters. The first-order valence-electron chi connectivity index (χ1n) is 7.49. The molecule has 1 unspecified atom stereocenters. The van der Waals surface area contributed by atoms with Crippen LogP contribution in [0.3, 0.4) is 0 Å². The molecular formula is C14H30Cl2N4O2.